The van der Waals surface area contributed by atoms with E-state index in [4.69, 9.17) is 14.2 Å². The molecule has 3 aliphatic heterocycles. The van der Waals surface area contributed by atoms with E-state index in [-0.39, 0.29) is 75.5 Å². The number of piperazine rings is 1. The zero-order chi connectivity index (χ0) is 34.9. The number of ether oxygens (including phenoxy) is 3. The van der Waals surface area contributed by atoms with Gasteiger partial charge in [0, 0.05) is 49.6 Å². The lowest BCUT2D eigenvalue weighted by Gasteiger charge is -2.63. The number of hydrogen-bond donors (Lipinski definition) is 2. The van der Waals surface area contributed by atoms with Crippen molar-refractivity contribution in [2.45, 2.75) is 150 Å². The summed E-state index contributed by atoms with van der Waals surface area (Å²) in [6.45, 7) is 22.2. The van der Waals surface area contributed by atoms with E-state index < -0.39 is 6.10 Å². The fourth-order valence-corrected chi connectivity index (χ4v) is 14.4. The minimum Gasteiger partial charge on any atom is -0.446 e. The van der Waals surface area contributed by atoms with Crippen molar-refractivity contribution in [3.05, 3.63) is 0 Å². The molecule has 2 N–H and O–H groups in total. The number of amides is 2. The number of nitrogens with zero attached hydrogens (tertiary/aromatic N) is 2. The number of aliphatic hydroxyl groups is 1. The van der Waals surface area contributed by atoms with E-state index in [0.717, 1.165) is 64.6 Å². The largest absolute Gasteiger partial charge is 0.446 e. The third kappa shape index (κ3) is 4.65. The normalized spacial score (nSPS) is 50.1. The molecule has 1 unspecified atom stereocenters. The molecule has 0 aromatic carbocycles. The summed E-state index contributed by atoms with van der Waals surface area (Å²) in [5.41, 5.74) is 0.169. The van der Waals surface area contributed by atoms with Gasteiger partial charge in [-0.2, -0.15) is 0 Å². The minimum atomic E-state index is -0.547. The highest BCUT2D eigenvalue weighted by atomic mass is 16.6. The Balaban J connectivity index is 1.02. The number of aliphatic hydroxyl groups excluding tert-OH is 1. The molecule has 3 heterocycles. The molecule has 0 aromatic heterocycles. The zero-order valence-corrected chi connectivity index (χ0v) is 31.6. The molecule has 9 nitrogen and oxygen atoms in total. The predicted molar refractivity (Wildman–Crippen MR) is 187 cm³/mol. The van der Waals surface area contributed by atoms with Gasteiger partial charge in [-0.3, -0.25) is 0 Å². The molecule has 3 saturated heterocycles. The van der Waals surface area contributed by atoms with Crippen molar-refractivity contribution in [2.24, 2.45) is 56.7 Å². The lowest BCUT2D eigenvalue weighted by Crippen LogP contribution is -2.60. The van der Waals surface area contributed by atoms with Crippen molar-refractivity contribution in [1.82, 2.24) is 15.1 Å². The van der Waals surface area contributed by atoms with Crippen LogP contribution in [0.5, 0.6) is 0 Å². The maximum absolute atomic E-state index is 13.4. The van der Waals surface area contributed by atoms with Crippen molar-refractivity contribution in [1.29, 1.82) is 0 Å². The quantitative estimate of drug-likeness (QED) is 0.351. The molecular weight excluding hydrogens is 618 g/mol. The third-order valence-electron chi connectivity index (χ3n) is 17.0. The van der Waals surface area contributed by atoms with Gasteiger partial charge in [0.25, 0.3) is 0 Å². The monoisotopic (exact) mass is 683 g/mol. The van der Waals surface area contributed by atoms with Gasteiger partial charge in [0.15, 0.2) is 0 Å². The molecule has 8 aliphatic rings. The van der Waals surface area contributed by atoms with Crippen molar-refractivity contribution in [2.75, 3.05) is 32.7 Å². The summed E-state index contributed by atoms with van der Waals surface area (Å²) < 4.78 is 19.6. The van der Waals surface area contributed by atoms with Crippen LogP contribution in [0.2, 0.25) is 0 Å². The van der Waals surface area contributed by atoms with Crippen molar-refractivity contribution >= 4 is 12.2 Å². The predicted octanol–water partition coefficient (Wildman–Crippen LogP) is 6.47. The van der Waals surface area contributed by atoms with Crippen LogP contribution in [0, 0.1) is 56.7 Å². The van der Waals surface area contributed by atoms with Gasteiger partial charge in [-0.1, -0.05) is 48.5 Å². The van der Waals surface area contributed by atoms with Gasteiger partial charge in [-0.15, -0.1) is 0 Å². The highest BCUT2D eigenvalue weighted by Crippen LogP contribution is 2.89. The van der Waals surface area contributed by atoms with Gasteiger partial charge in [0.2, 0.25) is 0 Å². The molecule has 8 rings (SSSR count). The number of carbonyl (C=O) groups excluding carboxylic acids is 2. The molecule has 9 heteroatoms. The molecule has 276 valence electrons. The molecule has 2 amide bonds. The van der Waals surface area contributed by atoms with Crippen molar-refractivity contribution in [3.8, 4) is 0 Å². The number of nitrogens with one attached hydrogen (secondary N) is 1. The molecule has 0 radical (unpaired) electrons. The van der Waals surface area contributed by atoms with Gasteiger partial charge in [-0.25, -0.2) is 9.59 Å². The third-order valence-corrected chi connectivity index (χ3v) is 17.0. The fourth-order valence-electron chi connectivity index (χ4n) is 14.4. The SMILES string of the molecule is CC1CN(C(=O)O[C@H]2CC[C@]34C[C@]35CC[C@]3(C)[C@@H]6[C@H](O[C@@H]([C@H](OC(=O)N7CCC7)C(C)C)C[C@H]6C)[C@H](O)[C@@]3(C)[C@@H]5CC[C@H]4C2(C)C)CCN1. The summed E-state index contributed by atoms with van der Waals surface area (Å²) in [4.78, 5) is 30.0. The van der Waals surface area contributed by atoms with Crippen LogP contribution in [-0.2, 0) is 14.2 Å². The molecule has 2 spiro atoms. The fraction of sp³-hybridized carbons (Fsp3) is 0.950. The van der Waals surface area contributed by atoms with E-state index >= 15 is 0 Å². The van der Waals surface area contributed by atoms with Crippen LogP contribution in [-0.4, -0.2) is 96.4 Å². The van der Waals surface area contributed by atoms with Crippen molar-refractivity contribution < 1.29 is 28.9 Å². The Hall–Kier alpha value is -1.58. The molecule has 8 fully saturated rings. The van der Waals surface area contributed by atoms with E-state index in [1.165, 1.54) is 12.8 Å². The molecule has 5 aliphatic carbocycles. The highest BCUT2D eigenvalue weighted by molar-refractivity contribution is 5.69. The average Bonchev–Trinajstić information content (AvgIpc) is 3.65. The van der Waals surface area contributed by atoms with Gasteiger partial charge >= 0.3 is 12.2 Å². The summed E-state index contributed by atoms with van der Waals surface area (Å²) in [6.07, 6.45) is 8.09. The summed E-state index contributed by atoms with van der Waals surface area (Å²) in [5, 5.41) is 16.1. The number of hydrogen-bond acceptors (Lipinski definition) is 7. The average molecular weight is 684 g/mol. The number of likely N-dealkylation sites (tertiary alicyclic amines) is 1. The Bertz CT molecular complexity index is 1340. The molecule has 49 heavy (non-hydrogen) atoms. The lowest BCUT2D eigenvalue weighted by molar-refractivity contribution is -0.185. The Morgan fingerprint density at radius 2 is 1.63 bits per heavy atom. The van der Waals surface area contributed by atoms with E-state index in [1.54, 1.807) is 4.90 Å². The first-order valence-corrected chi connectivity index (χ1v) is 20.1. The number of fused-ring (bicyclic) bond motifs is 4. The van der Waals surface area contributed by atoms with Crippen LogP contribution in [0.4, 0.5) is 9.59 Å². The standard InChI is InChI=1S/C40H65N3O6/c1-23(2)31(49-34(45)42-17-9-18-42)26-20-24(3)30-32(47-26)33(44)38(8)28-11-10-27-36(5,6)29(48-35(46)43-19-16-41-25(4)21-43)12-13-39(27)22-40(28,39)15-14-37(30,38)7/h23-33,41,44H,9-22H2,1-8H3/t24-,25?,26-,27+,28+,29+,30+,31-,32+,33+,37-,38-,39-,40+/m1/s1. The maximum atomic E-state index is 13.4. The van der Waals surface area contributed by atoms with Gasteiger partial charge in [0.05, 0.1) is 18.3 Å². The van der Waals surface area contributed by atoms with E-state index in [2.05, 4.69) is 60.7 Å². The van der Waals surface area contributed by atoms with Gasteiger partial charge in [0.1, 0.15) is 12.2 Å². The smallest absolute Gasteiger partial charge is 0.410 e. The first-order valence-electron chi connectivity index (χ1n) is 20.1. The Morgan fingerprint density at radius 1 is 0.918 bits per heavy atom. The van der Waals surface area contributed by atoms with Crippen LogP contribution in [0.1, 0.15) is 113 Å². The van der Waals surface area contributed by atoms with Crippen LogP contribution in [0.3, 0.4) is 0 Å². The molecular formula is C40H65N3O6. The van der Waals surface area contributed by atoms with Gasteiger partial charge < -0.3 is 34.4 Å². The van der Waals surface area contributed by atoms with E-state index in [9.17, 15) is 14.7 Å². The van der Waals surface area contributed by atoms with Crippen LogP contribution >= 0.6 is 0 Å². The van der Waals surface area contributed by atoms with E-state index in [0.29, 0.717) is 36.9 Å². The zero-order valence-electron chi connectivity index (χ0n) is 31.6. The summed E-state index contributed by atoms with van der Waals surface area (Å²) in [6, 6.07) is 0.294. The Morgan fingerprint density at radius 3 is 2.31 bits per heavy atom. The van der Waals surface area contributed by atoms with Gasteiger partial charge in [-0.05, 0) is 111 Å². The topological polar surface area (TPSA) is 101 Å². The van der Waals surface area contributed by atoms with Crippen molar-refractivity contribution in [3.63, 3.8) is 0 Å². The van der Waals surface area contributed by atoms with Crippen LogP contribution in [0.25, 0.3) is 0 Å². The molecule has 5 saturated carbocycles. The minimum absolute atomic E-state index is 0.0155. The van der Waals surface area contributed by atoms with Crippen LogP contribution < -0.4 is 5.32 Å². The Kier molecular flexibility index (Phi) is 8.07. The number of carbonyl (C=O) groups is 2. The second-order valence-corrected chi connectivity index (χ2v) is 19.7. The summed E-state index contributed by atoms with van der Waals surface area (Å²) in [5.74, 6) is 1.76. The highest BCUT2D eigenvalue weighted by Gasteiger charge is 2.84. The number of rotatable bonds is 4. The first kappa shape index (κ1) is 34.5. The Labute approximate surface area is 294 Å². The van der Waals surface area contributed by atoms with Crippen LogP contribution in [0.15, 0.2) is 0 Å². The second kappa shape index (κ2) is 11.5. The maximum Gasteiger partial charge on any atom is 0.410 e. The summed E-state index contributed by atoms with van der Waals surface area (Å²) in [7, 11) is 0. The molecule has 0 bridgehead atoms. The molecule has 0 aromatic rings. The molecule has 14 atom stereocenters. The first-order chi connectivity index (χ1) is 23.1. The summed E-state index contributed by atoms with van der Waals surface area (Å²) >= 11 is 0. The lowest BCUT2D eigenvalue weighted by atomic mass is 9.41. The second-order valence-electron chi connectivity index (χ2n) is 19.7. The van der Waals surface area contributed by atoms with E-state index in [1.807, 2.05) is 4.90 Å².